The van der Waals surface area contributed by atoms with Gasteiger partial charge < -0.3 is 14.5 Å². The molecule has 31 heavy (non-hydrogen) atoms. The van der Waals surface area contributed by atoms with Crippen molar-refractivity contribution in [3.05, 3.63) is 88.7 Å². The molecule has 6 nitrogen and oxygen atoms in total. The molecule has 0 spiro atoms. The number of amides is 1. The van der Waals surface area contributed by atoms with Gasteiger partial charge in [-0.1, -0.05) is 0 Å². The van der Waals surface area contributed by atoms with E-state index in [2.05, 4.69) is 15.3 Å². The second kappa shape index (κ2) is 9.99. The summed E-state index contributed by atoms with van der Waals surface area (Å²) in [6.07, 6.45) is 5.05. The molecule has 1 N–H and O–H groups in total. The molecule has 158 valence electrons. The third kappa shape index (κ3) is 5.76. The predicted molar refractivity (Wildman–Crippen MR) is 115 cm³/mol. The fourth-order valence-electron chi connectivity index (χ4n) is 2.87. The van der Waals surface area contributed by atoms with Gasteiger partial charge in [0.2, 0.25) is 0 Å². The number of carbonyl (C=O) groups excluding carboxylic acids is 1. The first-order valence-electron chi connectivity index (χ1n) is 9.77. The lowest BCUT2D eigenvalue weighted by Crippen LogP contribution is -2.24. The number of benzene rings is 1. The van der Waals surface area contributed by atoms with Crippen molar-refractivity contribution in [1.82, 2.24) is 15.3 Å². The van der Waals surface area contributed by atoms with Crippen LogP contribution in [0.4, 0.5) is 4.39 Å². The van der Waals surface area contributed by atoms with Crippen LogP contribution in [0.3, 0.4) is 0 Å². The third-order valence-electron chi connectivity index (χ3n) is 4.46. The molecule has 0 unspecified atom stereocenters. The highest BCUT2D eigenvalue weighted by atomic mass is 32.1. The smallest absolute Gasteiger partial charge is 0.286 e. The van der Waals surface area contributed by atoms with E-state index in [0.717, 1.165) is 29.1 Å². The Morgan fingerprint density at radius 3 is 2.71 bits per heavy atom. The second-order valence-electron chi connectivity index (χ2n) is 6.73. The molecule has 0 fully saturated rings. The molecule has 3 aromatic heterocycles. The number of pyridine rings is 1. The number of hydrogen-bond donors (Lipinski definition) is 1. The SMILES string of the molecule is O=C(NCCCc1nc(-c2ccncc2)cs1)c1ccc(COc2ccc(F)cc2)o1. The third-order valence-corrected chi connectivity index (χ3v) is 5.37. The van der Waals surface area contributed by atoms with E-state index in [9.17, 15) is 9.18 Å². The monoisotopic (exact) mass is 437 g/mol. The first-order valence-corrected chi connectivity index (χ1v) is 10.7. The number of thiazole rings is 1. The minimum absolute atomic E-state index is 0.156. The lowest BCUT2D eigenvalue weighted by atomic mass is 10.2. The molecule has 0 saturated heterocycles. The van der Waals surface area contributed by atoms with Crippen LogP contribution in [0.25, 0.3) is 11.3 Å². The highest BCUT2D eigenvalue weighted by molar-refractivity contribution is 7.09. The largest absolute Gasteiger partial charge is 0.486 e. The van der Waals surface area contributed by atoms with E-state index in [1.807, 2.05) is 17.5 Å². The number of aromatic nitrogens is 2. The Kier molecular flexibility index (Phi) is 6.68. The number of ether oxygens (including phenoxy) is 1. The van der Waals surface area contributed by atoms with Gasteiger partial charge in [-0.2, -0.15) is 0 Å². The van der Waals surface area contributed by atoms with Gasteiger partial charge in [-0.05, 0) is 55.0 Å². The van der Waals surface area contributed by atoms with Crippen molar-refractivity contribution >= 4 is 17.2 Å². The Bertz CT molecular complexity index is 1130. The molecular weight excluding hydrogens is 417 g/mol. The maximum atomic E-state index is 12.9. The van der Waals surface area contributed by atoms with Gasteiger partial charge in [0.1, 0.15) is 23.9 Å². The van der Waals surface area contributed by atoms with Gasteiger partial charge in [0.25, 0.3) is 5.91 Å². The Morgan fingerprint density at radius 2 is 1.90 bits per heavy atom. The molecule has 4 rings (SSSR count). The van der Waals surface area contributed by atoms with Crippen molar-refractivity contribution in [1.29, 1.82) is 0 Å². The average Bonchev–Trinajstić information content (AvgIpc) is 3.47. The van der Waals surface area contributed by atoms with Gasteiger partial charge in [0.05, 0.1) is 10.7 Å². The number of carbonyl (C=O) groups is 1. The van der Waals surface area contributed by atoms with Gasteiger partial charge in [-0.3, -0.25) is 9.78 Å². The summed E-state index contributed by atoms with van der Waals surface area (Å²) < 4.78 is 24.0. The van der Waals surface area contributed by atoms with Gasteiger partial charge in [0, 0.05) is 36.3 Å². The van der Waals surface area contributed by atoms with Gasteiger partial charge in [-0.15, -0.1) is 11.3 Å². The number of hydrogen-bond acceptors (Lipinski definition) is 6. The van der Waals surface area contributed by atoms with Crippen molar-refractivity contribution in [2.75, 3.05) is 6.54 Å². The second-order valence-corrected chi connectivity index (χ2v) is 7.67. The first-order chi connectivity index (χ1) is 15.2. The Labute approximate surface area is 182 Å². The van der Waals surface area contributed by atoms with Crippen LogP contribution < -0.4 is 10.1 Å². The average molecular weight is 437 g/mol. The van der Waals surface area contributed by atoms with Gasteiger partial charge >= 0.3 is 0 Å². The summed E-state index contributed by atoms with van der Waals surface area (Å²) in [4.78, 5) is 20.9. The topological polar surface area (TPSA) is 77.2 Å². The summed E-state index contributed by atoms with van der Waals surface area (Å²) in [6.45, 7) is 0.674. The Hall–Kier alpha value is -3.52. The molecule has 0 aliphatic heterocycles. The van der Waals surface area contributed by atoms with Crippen LogP contribution >= 0.6 is 11.3 Å². The summed E-state index contributed by atoms with van der Waals surface area (Å²) in [5.74, 6) is 0.670. The highest BCUT2D eigenvalue weighted by Gasteiger charge is 2.11. The maximum Gasteiger partial charge on any atom is 0.286 e. The highest BCUT2D eigenvalue weighted by Crippen LogP contribution is 2.21. The van der Waals surface area contributed by atoms with Crippen molar-refractivity contribution in [2.24, 2.45) is 0 Å². The molecule has 0 saturated carbocycles. The van der Waals surface area contributed by atoms with Crippen LogP contribution in [0.15, 0.2) is 70.7 Å². The molecule has 0 radical (unpaired) electrons. The lowest BCUT2D eigenvalue weighted by molar-refractivity contribution is 0.0921. The summed E-state index contributed by atoms with van der Waals surface area (Å²) >= 11 is 1.61. The molecule has 1 aromatic carbocycles. The number of nitrogens with zero attached hydrogens (tertiary/aromatic N) is 2. The van der Waals surface area contributed by atoms with Gasteiger partial charge in [-0.25, -0.2) is 9.37 Å². The minimum Gasteiger partial charge on any atom is -0.486 e. The standard InChI is InChI=1S/C23H20FN3O3S/c24-17-3-5-18(6-4-17)29-14-19-7-8-21(30-19)23(28)26-11-1-2-22-27-20(15-31-22)16-9-12-25-13-10-16/h3-10,12-13,15H,1-2,11,14H2,(H,26,28). The van der Waals surface area contributed by atoms with E-state index >= 15 is 0 Å². The van der Waals surface area contributed by atoms with E-state index in [1.165, 1.54) is 24.3 Å². The quantitative estimate of drug-likeness (QED) is 0.378. The molecule has 1 amide bonds. The van der Waals surface area contributed by atoms with Gasteiger partial charge in [0.15, 0.2) is 5.76 Å². The van der Waals surface area contributed by atoms with E-state index in [-0.39, 0.29) is 24.1 Å². The molecule has 4 aromatic rings. The minimum atomic E-state index is -0.326. The van der Waals surface area contributed by atoms with Crippen molar-refractivity contribution in [2.45, 2.75) is 19.4 Å². The Morgan fingerprint density at radius 1 is 1.10 bits per heavy atom. The number of furan rings is 1. The number of rotatable bonds is 9. The van der Waals surface area contributed by atoms with E-state index in [1.54, 1.807) is 35.9 Å². The van der Waals surface area contributed by atoms with E-state index in [0.29, 0.717) is 18.1 Å². The van der Waals surface area contributed by atoms with Crippen LogP contribution in [0.1, 0.15) is 27.7 Å². The summed E-state index contributed by atoms with van der Waals surface area (Å²) in [5.41, 5.74) is 1.99. The molecular formula is C23H20FN3O3S. The van der Waals surface area contributed by atoms with Crippen molar-refractivity contribution in [3.8, 4) is 17.0 Å². The predicted octanol–water partition coefficient (Wildman–Crippen LogP) is 4.88. The fourth-order valence-corrected chi connectivity index (χ4v) is 3.72. The number of nitrogens with one attached hydrogen (secondary N) is 1. The maximum absolute atomic E-state index is 12.9. The van der Waals surface area contributed by atoms with E-state index < -0.39 is 0 Å². The molecule has 0 atom stereocenters. The van der Waals surface area contributed by atoms with Crippen LogP contribution in [0.2, 0.25) is 0 Å². The first kappa shape index (κ1) is 20.7. The van der Waals surface area contributed by atoms with Crippen molar-refractivity contribution in [3.63, 3.8) is 0 Å². The molecule has 3 heterocycles. The normalized spacial score (nSPS) is 10.7. The molecule has 0 aliphatic rings. The molecule has 0 aliphatic carbocycles. The lowest BCUT2D eigenvalue weighted by Gasteiger charge is -2.04. The van der Waals surface area contributed by atoms with Crippen LogP contribution in [0.5, 0.6) is 5.75 Å². The number of aryl methyl sites for hydroxylation is 1. The zero-order chi connectivity index (χ0) is 21.5. The summed E-state index contributed by atoms with van der Waals surface area (Å²) in [5, 5.41) is 5.91. The van der Waals surface area contributed by atoms with Crippen LogP contribution in [-0.2, 0) is 13.0 Å². The van der Waals surface area contributed by atoms with Crippen molar-refractivity contribution < 1.29 is 18.3 Å². The fraction of sp³-hybridized carbons (Fsp3) is 0.174. The molecule has 8 heteroatoms. The van der Waals surface area contributed by atoms with Crippen LogP contribution in [-0.4, -0.2) is 22.4 Å². The van der Waals surface area contributed by atoms with Crippen LogP contribution in [0, 0.1) is 5.82 Å². The summed E-state index contributed by atoms with van der Waals surface area (Å²) in [7, 11) is 0. The zero-order valence-electron chi connectivity index (χ0n) is 16.6. The molecule has 0 bridgehead atoms. The zero-order valence-corrected chi connectivity index (χ0v) is 17.4. The number of halogens is 1. The van der Waals surface area contributed by atoms with E-state index in [4.69, 9.17) is 9.15 Å². The Balaban J connectivity index is 1.20. The summed E-state index contributed by atoms with van der Waals surface area (Å²) in [6, 6.07) is 12.9.